The molecule has 1 fully saturated rings. The van der Waals surface area contributed by atoms with Gasteiger partial charge in [0.25, 0.3) is 5.91 Å². The average molecular weight is 423 g/mol. The second-order valence-electron chi connectivity index (χ2n) is 6.66. The van der Waals surface area contributed by atoms with E-state index in [1.54, 1.807) is 18.3 Å². The highest BCUT2D eigenvalue weighted by Crippen LogP contribution is 2.37. The van der Waals surface area contributed by atoms with Gasteiger partial charge in [-0.05, 0) is 60.7 Å². The van der Waals surface area contributed by atoms with Gasteiger partial charge in [-0.1, -0.05) is 46.3 Å². The molecule has 0 unspecified atom stereocenters. The van der Waals surface area contributed by atoms with Crippen LogP contribution in [0.4, 0.5) is 0 Å². The van der Waals surface area contributed by atoms with E-state index in [1.807, 2.05) is 30.3 Å². The van der Waals surface area contributed by atoms with Crippen LogP contribution in [0.15, 0.2) is 77.4 Å². The molecule has 0 saturated heterocycles. The highest BCUT2D eigenvalue weighted by atomic mass is 79.9. The van der Waals surface area contributed by atoms with Gasteiger partial charge in [0.1, 0.15) is 5.75 Å². The van der Waals surface area contributed by atoms with Crippen molar-refractivity contribution < 1.29 is 9.53 Å². The minimum Gasteiger partial charge on any atom is -0.455 e. The van der Waals surface area contributed by atoms with Crippen LogP contribution in [0.25, 0.3) is 0 Å². The molecule has 0 bridgehead atoms. The van der Waals surface area contributed by atoms with E-state index < -0.39 is 0 Å². The molecule has 5 heteroatoms. The second-order valence-corrected chi connectivity index (χ2v) is 7.57. The van der Waals surface area contributed by atoms with E-state index in [-0.39, 0.29) is 11.9 Å². The van der Waals surface area contributed by atoms with Gasteiger partial charge in [-0.15, -0.1) is 0 Å². The van der Waals surface area contributed by atoms with E-state index >= 15 is 0 Å². The van der Waals surface area contributed by atoms with Crippen LogP contribution in [-0.2, 0) is 0 Å². The summed E-state index contributed by atoms with van der Waals surface area (Å²) in [5.74, 6) is 1.44. The SMILES string of the molecule is O=C(NC1CC(c2ccc(Br)cc2)C1)c1ncccc1Oc1ccccc1. The first-order valence-corrected chi connectivity index (χ1v) is 9.72. The zero-order valence-electron chi connectivity index (χ0n) is 14.6. The van der Waals surface area contributed by atoms with Crippen LogP contribution in [0.2, 0.25) is 0 Å². The summed E-state index contributed by atoms with van der Waals surface area (Å²) < 4.78 is 6.92. The van der Waals surface area contributed by atoms with Crippen LogP contribution in [0.1, 0.15) is 34.8 Å². The minimum atomic E-state index is -0.194. The van der Waals surface area contributed by atoms with Gasteiger partial charge in [0, 0.05) is 16.7 Å². The predicted molar refractivity (Wildman–Crippen MR) is 108 cm³/mol. The van der Waals surface area contributed by atoms with E-state index in [0.29, 0.717) is 23.1 Å². The third-order valence-corrected chi connectivity index (χ3v) is 5.30. The monoisotopic (exact) mass is 422 g/mol. The third kappa shape index (κ3) is 4.19. The van der Waals surface area contributed by atoms with Crippen molar-refractivity contribution in [2.75, 3.05) is 0 Å². The molecule has 1 aliphatic carbocycles. The van der Waals surface area contributed by atoms with Crippen molar-refractivity contribution in [1.29, 1.82) is 0 Å². The molecule has 1 aromatic heterocycles. The Morgan fingerprint density at radius 2 is 1.74 bits per heavy atom. The molecule has 27 heavy (non-hydrogen) atoms. The Bertz CT molecular complexity index is 923. The van der Waals surface area contributed by atoms with Crippen molar-refractivity contribution in [3.8, 4) is 11.5 Å². The first-order chi connectivity index (χ1) is 13.2. The van der Waals surface area contributed by atoms with Crippen LogP contribution >= 0.6 is 15.9 Å². The molecule has 1 amide bonds. The number of carbonyl (C=O) groups is 1. The van der Waals surface area contributed by atoms with E-state index in [4.69, 9.17) is 4.74 Å². The number of halogens is 1. The average Bonchev–Trinajstić information content (AvgIpc) is 2.66. The van der Waals surface area contributed by atoms with E-state index in [2.05, 4.69) is 50.5 Å². The zero-order chi connectivity index (χ0) is 18.6. The van der Waals surface area contributed by atoms with E-state index in [9.17, 15) is 4.79 Å². The number of aromatic nitrogens is 1. The van der Waals surface area contributed by atoms with Crippen LogP contribution in [0.5, 0.6) is 11.5 Å². The van der Waals surface area contributed by atoms with Gasteiger partial charge in [-0.2, -0.15) is 0 Å². The first kappa shape index (κ1) is 17.7. The number of hydrogen-bond donors (Lipinski definition) is 1. The second kappa shape index (κ2) is 7.92. The lowest BCUT2D eigenvalue weighted by Gasteiger charge is -2.36. The molecule has 0 radical (unpaired) electrons. The molecule has 0 spiro atoms. The van der Waals surface area contributed by atoms with Crippen molar-refractivity contribution >= 4 is 21.8 Å². The summed E-state index contributed by atoms with van der Waals surface area (Å²) in [4.78, 5) is 16.9. The molecule has 3 aromatic rings. The first-order valence-electron chi connectivity index (χ1n) is 8.93. The predicted octanol–water partition coefficient (Wildman–Crippen LogP) is 5.31. The van der Waals surface area contributed by atoms with Crippen molar-refractivity contribution in [2.45, 2.75) is 24.8 Å². The van der Waals surface area contributed by atoms with Gasteiger partial charge in [-0.25, -0.2) is 4.98 Å². The largest absolute Gasteiger partial charge is 0.455 e. The summed E-state index contributed by atoms with van der Waals surface area (Å²) in [6.07, 6.45) is 3.49. The Morgan fingerprint density at radius 1 is 1.00 bits per heavy atom. The number of para-hydroxylation sites is 1. The fourth-order valence-corrected chi connectivity index (χ4v) is 3.52. The topological polar surface area (TPSA) is 51.2 Å². The van der Waals surface area contributed by atoms with E-state index in [1.165, 1.54) is 5.56 Å². The van der Waals surface area contributed by atoms with Gasteiger partial charge in [-0.3, -0.25) is 4.79 Å². The van der Waals surface area contributed by atoms with Gasteiger partial charge in [0.2, 0.25) is 0 Å². The van der Waals surface area contributed by atoms with Gasteiger partial charge < -0.3 is 10.1 Å². The summed E-state index contributed by atoms with van der Waals surface area (Å²) in [5, 5.41) is 3.08. The lowest BCUT2D eigenvalue weighted by atomic mass is 9.76. The highest BCUT2D eigenvalue weighted by Gasteiger charge is 2.32. The van der Waals surface area contributed by atoms with Crippen LogP contribution in [0.3, 0.4) is 0 Å². The van der Waals surface area contributed by atoms with Crippen LogP contribution < -0.4 is 10.1 Å². The van der Waals surface area contributed by atoms with Crippen molar-refractivity contribution in [3.63, 3.8) is 0 Å². The Morgan fingerprint density at radius 3 is 2.48 bits per heavy atom. The van der Waals surface area contributed by atoms with Crippen LogP contribution in [-0.4, -0.2) is 16.9 Å². The standard InChI is InChI=1S/C22H19BrN2O2/c23-17-10-8-15(9-11-17)16-13-18(14-16)25-22(26)21-20(7-4-12-24-21)27-19-5-2-1-3-6-19/h1-12,16,18H,13-14H2,(H,25,26). The molecule has 2 aromatic carbocycles. The molecular weight excluding hydrogens is 404 g/mol. The Labute approximate surface area is 166 Å². The van der Waals surface area contributed by atoms with Gasteiger partial charge >= 0.3 is 0 Å². The number of rotatable bonds is 5. The molecular formula is C22H19BrN2O2. The number of ether oxygens (including phenoxy) is 1. The molecule has 4 rings (SSSR count). The number of nitrogens with one attached hydrogen (secondary N) is 1. The molecule has 1 N–H and O–H groups in total. The Balaban J connectivity index is 1.39. The number of benzene rings is 2. The summed E-state index contributed by atoms with van der Waals surface area (Å²) >= 11 is 3.46. The van der Waals surface area contributed by atoms with Gasteiger partial charge in [0.15, 0.2) is 11.4 Å². The quantitative estimate of drug-likeness (QED) is 0.605. The fourth-order valence-electron chi connectivity index (χ4n) is 3.26. The summed E-state index contributed by atoms with van der Waals surface area (Å²) in [6.45, 7) is 0. The lowest BCUT2D eigenvalue weighted by Crippen LogP contribution is -2.43. The number of amides is 1. The molecule has 0 aliphatic heterocycles. The third-order valence-electron chi connectivity index (χ3n) is 4.77. The molecule has 1 heterocycles. The smallest absolute Gasteiger partial charge is 0.273 e. The minimum absolute atomic E-state index is 0.165. The molecule has 0 atom stereocenters. The van der Waals surface area contributed by atoms with E-state index in [0.717, 1.165) is 17.3 Å². The lowest BCUT2D eigenvalue weighted by molar-refractivity contribution is 0.0901. The fraction of sp³-hybridized carbons (Fsp3) is 0.182. The summed E-state index contributed by atoms with van der Waals surface area (Å²) in [5.41, 5.74) is 1.63. The maximum Gasteiger partial charge on any atom is 0.273 e. The summed E-state index contributed by atoms with van der Waals surface area (Å²) in [6, 6.07) is 21.5. The Hall–Kier alpha value is -2.66. The number of pyridine rings is 1. The molecule has 1 saturated carbocycles. The number of carbonyl (C=O) groups excluding carboxylic acids is 1. The number of hydrogen-bond acceptors (Lipinski definition) is 3. The number of nitrogens with zero attached hydrogens (tertiary/aromatic N) is 1. The molecule has 4 nitrogen and oxygen atoms in total. The van der Waals surface area contributed by atoms with Crippen molar-refractivity contribution in [1.82, 2.24) is 10.3 Å². The summed E-state index contributed by atoms with van der Waals surface area (Å²) in [7, 11) is 0. The molecule has 136 valence electrons. The maximum absolute atomic E-state index is 12.7. The maximum atomic E-state index is 12.7. The van der Waals surface area contributed by atoms with Crippen molar-refractivity contribution in [3.05, 3.63) is 88.7 Å². The van der Waals surface area contributed by atoms with Gasteiger partial charge in [0.05, 0.1) is 0 Å². The molecule has 1 aliphatic rings. The van der Waals surface area contributed by atoms with Crippen molar-refractivity contribution in [2.24, 2.45) is 0 Å². The highest BCUT2D eigenvalue weighted by molar-refractivity contribution is 9.10. The normalized spacial score (nSPS) is 18.4. The van der Waals surface area contributed by atoms with Crippen LogP contribution in [0, 0.1) is 0 Å². The Kier molecular flexibility index (Phi) is 5.21. The zero-order valence-corrected chi connectivity index (χ0v) is 16.2.